The number of hydrogen-bond donors (Lipinski definition) is 7. The minimum atomic E-state index is -0.373. The summed E-state index contributed by atoms with van der Waals surface area (Å²) in [6.07, 6.45) is 4.24. The first-order valence-electron chi connectivity index (χ1n) is 15.1. The van der Waals surface area contributed by atoms with Gasteiger partial charge in [0.05, 0.1) is 28.5 Å². The molecule has 0 bridgehead atoms. The monoisotopic (exact) mass is 588 g/mol. The van der Waals surface area contributed by atoms with Gasteiger partial charge in [0, 0.05) is 27.8 Å². The Labute approximate surface area is 254 Å². The number of aromatic nitrogens is 6. The van der Waals surface area contributed by atoms with Crippen molar-refractivity contribution in [1.82, 2.24) is 35.7 Å². The van der Waals surface area contributed by atoms with Gasteiger partial charge in [-0.2, -0.15) is 10.2 Å². The molecule has 44 heavy (non-hydrogen) atoms. The average molecular weight is 589 g/mol. The van der Waals surface area contributed by atoms with Gasteiger partial charge in [0.15, 0.2) is 11.6 Å². The molecule has 3 aromatic carbocycles. The van der Waals surface area contributed by atoms with Gasteiger partial charge >= 0.3 is 0 Å². The molecule has 1 saturated carbocycles. The molecule has 1 atom stereocenters. The maximum absolute atomic E-state index is 13.7. The third-order valence-corrected chi connectivity index (χ3v) is 8.95. The van der Waals surface area contributed by atoms with Crippen LogP contribution in [0.15, 0.2) is 66.7 Å². The molecule has 0 radical (unpaired) electrons. The number of aromatic amines is 3. The Bertz CT molecular complexity index is 1830. The SMILES string of the molecule is NCC1CCC(C(=O)N[C@@H](Cc2ccccc2)c2nc(-c3ccc4c(N)n[nH]c4c3)c(-c3ccc4c(N)n[nH]c4c3)[nH]2)CC1. The number of carbonyl (C=O) groups is 1. The van der Waals surface area contributed by atoms with Gasteiger partial charge in [-0.1, -0.05) is 42.5 Å². The molecule has 7 rings (SSSR count). The van der Waals surface area contributed by atoms with Crippen molar-refractivity contribution < 1.29 is 4.79 Å². The average Bonchev–Trinajstić information content (AvgIpc) is 3.78. The highest BCUT2D eigenvalue weighted by Gasteiger charge is 2.29. The van der Waals surface area contributed by atoms with Gasteiger partial charge in [0.1, 0.15) is 5.82 Å². The van der Waals surface area contributed by atoms with Gasteiger partial charge < -0.3 is 27.5 Å². The third-order valence-electron chi connectivity index (χ3n) is 8.95. The van der Waals surface area contributed by atoms with Crippen LogP contribution in [-0.4, -0.2) is 42.8 Å². The molecule has 224 valence electrons. The lowest BCUT2D eigenvalue weighted by Crippen LogP contribution is -2.37. The Kier molecular flexibility index (Phi) is 7.23. The number of rotatable bonds is 8. The summed E-state index contributed by atoms with van der Waals surface area (Å²) in [6.45, 7) is 0.677. The third kappa shape index (κ3) is 5.26. The molecular formula is C33H36N10O. The van der Waals surface area contributed by atoms with Crippen molar-refractivity contribution in [1.29, 1.82) is 0 Å². The summed E-state index contributed by atoms with van der Waals surface area (Å²) >= 11 is 0. The standard InChI is InChI=1S/C33H36N10O/c34-17-19-6-8-20(9-7-19)33(44)37-27(14-18-4-2-1-3-5-18)32-38-28(21-10-12-23-25(15-21)40-42-30(23)35)29(39-32)22-11-13-24-26(16-22)41-43-31(24)36/h1-5,10-13,15-16,19-20,27H,6-9,14,17,34H2,(H,37,44)(H,38,39)(H3,35,40,42)(H3,36,41,43)/t19?,20?,27-/m0/s1. The highest BCUT2D eigenvalue weighted by atomic mass is 16.2. The zero-order valence-corrected chi connectivity index (χ0v) is 24.3. The van der Waals surface area contributed by atoms with Crippen molar-refractivity contribution >= 4 is 39.3 Å². The quantitative estimate of drug-likeness (QED) is 0.132. The Balaban J connectivity index is 1.31. The van der Waals surface area contributed by atoms with Crippen LogP contribution in [-0.2, 0) is 11.2 Å². The van der Waals surface area contributed by atoms with E-state index in [-0.39, 0.29) is 17.9 Å². The minimum absolute atomic E-state index is 0.0357. The molecule has 0 aliphatic heterocycles. The molecule has 0 spiro atoms. The van der Waals surface area contributed by atoms with Crippen LogP contribution in [0.5, 0.6) is 0 Å². The fourth-order valence-corrected chi connectivity index (χ4v) is 6.37. The number of amides is 1. The van der Waals surface area contributed by atoms with E-state index in [4.69, 9.17) is 22.2 Å². The fraction of sp³-hybridized carbons (Fsp3) is 0.273. The topological polar surface area (TPSA) is 193 Å². The summed E-state index contributed by atoms with van der Waals surface area (Å²) < 4.78 is 0. The van der Waals surface area contributed by atoms with Crippen LogP contribution in [0.3, 0.4) is 0 Å². The molecule has 3 heterocycles. The Morgan fingerprint density at radius 3 is 2.16 bits per heavy atom. The number of H-pyrrole nitrogens is 3. The number of fused-ring (bicyclic) bond motifs is 2. The van der Waals surface area contributed by atoms with E-state index < -0.39 is 0 Å². The highest BCUT2D eigenvalue weighted by Crippen LogP contribution is 2.36. The van der Waals surface area contributed by atoms with Crippen LogP contribution < -0.4 is 22.5 Å². The molecule has 1 aliphatic rings. The van der Waals surface area contributed by atoms with Gasteiger partial charge in [-0.15, -0.1) is 0 Å². The van der Waals surface area contributed by atoms with Crippen molar-refractivity contribution in [2.45, 2.75) is 38.1 Å². The van der Waals surface area contributed by atoms with Crippen LogP contribution in [0.25, 0.3) is 44.3 Å². The lowest BCUT2D eigenvalue weighted by molar-refractivity contribution is -0.127. The van der Waals surface area contributed by atoms with Gasteiger partial charge in [0.25, 0.3) is 0 Å². The first-order valence-corrected chi connectivity index (χ1v) is 15.1. The summed E-state index contributed by atoms with van der Waals surface area (Å²) in [7, 11) is 0. The van der Waals surface area contributed by atoms with Crippen LogP contribution in [0, 0.1) is 11.8 Å². The summed E-state index contributed by atoms with van der Waals surface area (Å²) in [5.74, 6) is 2.10. The predicted octanol–water partition coefficient (Wildman–Crippen LogP) is 4.83. The second kappa shape index (κ2) is 11.5. The summed E-state index contributed by atoms with van der Waals surface area (Å²) in [6, 6.07) is 21.7. The molecule has 6 aromatic rings. The van der Waals surface area contributed by atoms with E-state index >= 15 is 0 Å². The van der Waals surface area contributed by atoms with Crippen LogP contribution in [0.2, 0.25) is 0 Å². The number of carbonyl (C=O) groups excluding carboxylic acids is 1. The van der Waals surface area contributed by atoms with Crippen LogP contribution in [0.1, 0.15) is 43.1 Å². The van der Waals surface area contributed by atoms with E-state index in [1.165, 1.54) is 0 Å². The predicted molar refractivity (Wildman–Crippen MR) is 173 cm³/mol. The molecule has 0 unspecified atom stereocenters. The molecule has 3 aromatic heterocycles. The van der Waals surface area contributed by atoms with Crippen molar-refractivity contribution in [3.8, 4) is 22.5 Å². The number of nitrogens with one attached hydrogen (secondary N) is 4. The van der Waals surface area contributed by atoms with E-state index in [9.17, 15) is 4.79 Å². The molecule has 10 N–H and O–H groups in total. The van der Waals surface area contributed by atoms with Crippen LogP contribution in [0.4, 0.5) is 11.6 Å². The van der Waals surface area contributed by atoms with E-state index in [1.54, 1.807) is 0 Å². The Morgan fingerprint density at radius 1 is 0.864 bits per heavy atom. The number of benzene rings is 3. The smallest absolute Gasteiger partial charge is 0.223 e. The van der Waals surface area contributed by atoms with Crippen molar-refractivity contribution in [3.05, 3.63) is 78.1 Å². The van der Waals surface area contributed by atoms with E-state index in [2.05, 4.69) is 42.8 Å². The van der Waals surface area contributed by atoms with Gasteiger partial charge in [-0.3, -0.25) is 15.0 Å². The molecule has 1 fully saturated rings. The zero-order valence-electron chi connectivity index (χ0n) is 24.3. The first kappa shape index (κ1) is 27.7. The van der Waals surface area contributed by atoms with E-state index in [0.29, 0.717) is 36.3 Å². The van der Waals surface area contributed by atoms with E-state index in [0.717, 1.165) is 75.6 Å². The van der Waals surface area contributed by atoms with Gasteiger partial charge in [0.2, 0.25) is 5.91 Å². The molecule has 11 nitrogen and oxygen atoms in total. The number of anilines is 2. The number of nitrogens with zero attached hydrogens (tertiary/aromatic N) is 3. The molecule has 1 amide bonds. The lowest BCUT2D eigenvalue weighted by atomic mass is 9.81. The number of nitrogens with two attached hydrogens (primary N) is 3. The minimum Gasteiger partial charge on any atom is -0.382 e. The number of imidazole rings is 1. The zero-order chi connectivity index (χ0) is 30.2. The summed E-state index contributed by atoms with van der Waals surface area (Å²) in [4.78, 5) is 22.4. The van der Waals surface area contributed by atoms with Crippen LogP contribution >= 0.6 is 0 Å². The Hall–Kier alpha value is -5.16. The first-order chi connectivity index (χ1) is 21.5. The summed E-state index contributed by atoms with van der Waals surface area (Å²) in [5.41, 5.74) is 24.1. The van der Waals surface area contributed by atoms with Gasteiger partial charge in [-0.05, 0) is 74.4 Å². The number of hydrogen-bond acceptors (Lipinski definition) is 7. The van der Waals surface area contributed by atoms with Crippen molar-refractivity contribution in [2.75, 3.05) is 18.0 Å². The highest BCUT2D eigenvalue weighted by molar-refractivity contribution is 5.95. The maximum atomic E-state index is 13.7. The Morgan fingerprint density at radius 2 is 1.50 bits per heavy atom. The fourth-order valence-electron chi connectivity index (χ4n) is 6.37. The normalized spacial score (nSPS) is 17.7. The van der Waals surface area contributed by atoms with Gasteiger partial charge in [-0.25, -0.2) is 4.98 Å². The molecule has 1 aliphatic carbocycles. The van der Waals surface area contributed by atoms with E-state index in [1.807, 2.05) is 54.6 Å². The molecule has 0 saturated heterocycles. The number of nitrogen functional groups attached to an aromatic ring is 2. The largest absolute Gasteiger partial charge is 0.382 e. The summed E-state index contributed by atoms with van der Waals surface area (Å²) in [5, 5.41) is 19.4. The van der Waals surface area contributed by atoms with Crippen molar-refractivity contribution in [2.24, 2.45) is 17.6 Å². The lowest BCUT2D eigenvalue weighted by Gasteiger charge is -2.28. The van der Waals surface area contributed by atoms with Crippen molar-refractivity contribution in [3.63, 3.8) is 0 Å². The molecule has 11 heteroatoms. The second-order valence-corrected chi connectivity index (χ2v) is 11.8. The molecular weight excluding hydrogens is 552 g/mol. The second-order valence-electron chi connectivity index (χ2n) is 11.8. The maximum Gasteiger partial charge on any atom is 0.223 e.